The van der Waals surface area contributed by atoms with E-state index in [1.165, 1.54) is 0 Å². The lowest BCUT2D eigenvalue weighted by Crippen LogP contribution is -2.16. The minimum absolute atomic E-state index is 0.0317. The highest BCUT2D eigenvalue weighted by Crippen LogP contribution is 2.24. The summed E-state index contributed by atoms with van der Waals surface area (Å²) in [5.41, 5.74) is 2.83. The van der Waals surface area contributed by atoms with Gasteiger partial charge < -0.3 is 18.5 Å². The first-order valence-corrected chi connectivity index (χ1v) is 9.26. The van der Waals surface area contributed by atoms with Crippen LogP contribution in [0.1, 0.15) is 45.3 Å². The van der Waals surface area contributed by atoms with Crippen molar-refractivity contribution < 1.29 is 23.5 Å². The molecule has 3 aromatic rings. The molecule has 2 aromatic heterocycles. The second-order valence-electron chi connectivity index (χ2n) is 6.75. The summed E-state index contributed by atoms with van der Waals surface area (Å²) in [5.74, 6) is -0.928. The Morgan fingerprint density at radius 3 is 2.68 bits per heavy atom. The van der Waals surface area contributed by atoms with Crippen LogP contribution in [0.25, 0.3) is 11.0 Å². The first-order valence-electron chi connectivity index (χ1n) is 8.88. The number of hydrogen-bond acceptors (Lipinski definition) is 5. The van der Waals surface area contributed by atoms with Crippen LogP contribution in [-0.4, -0.2) is 36.6 Å². The summed E-state index contributed by atoms with van der Waals surface area (Å²) in [6.07, 6.45) is 0. The summed E-state index contributed by atoms with van der Waals surface area (Å²) >= 11 is 5.94. The number of fused-ring (bicyclic) bond motifs is 1. The normalized spacial score (nSPS) is 12.3. The number of hydrogen-bond donors (Lipinski definition) is 0. The monoisotopic (exact) mass is 403 g/mol. The number of aryl methyl sites for hydroxylation is 1. The van der Waals surface area contributed by atoms with Crippen molar-refractivity contribution in [2.75, 3.05) is 20.3 Å². The van der Waals surface area contributed by atoms with Crippen molar-refractivity contribution in [3.8, 4) is 0 Å². The van der Waals surface area contributed by atoms with Crippen molar-refractivity contribution in [1.29, 1.82) is 0 Å². The van der Waals surface area contributed by atoms with Crippen LogP contribution < -0.4 is 0 Å². The molecule has 0 aliphatic rings. The minimum atomic E-state index is -0.692. The molecule has 0 amide bonds. The van der Waals surface area contributed by atoms with Gasteiger partial charge in [-0.1, -0.05) is 11.6 Å². The maximum Gasteiger partial charge on any atom is 0.374 e. The molecule has 0 saturated carbocycles. The molecule has 28 heavy (non-hydrogen) atoms. The number of methoxy groups -OCH3 is 1. The summed E-state index contributed by atoms with van der Waals surface area (Å²) in [6.45, 7) is 6.00. The van der Waals surface area contributed by atoms with Crippen molar-refractivity contribution in [3.05, 3.63) is 58.1 Å². The predicted octanol–water partition coefficient (Wildman–Crippen LogP) is 4.75. The maximum absolute atomic E-state index is 12.6. The fourth-order valence-corrected chi connectivity index (χ4v) is 3.63. The summed E-state index contributed by atoms with van der Waals surface area (Å²) in [7, 11) is 1.64. The highest BCUT2D eigenvalue weighted by molar-refractivity contribution is 6.31. The molecule has 0 unspecified atom stereocenters. The summed E-state index contributed by atoms with van der Waals surface area (Å²) in [4.78, 5) is 24.9. The zero-order valence-corrected chi connectivity index (χ0v) is 17.0. The van der Waals surface area contributed by atoms with Crippen LogP contribution in [0.3, 0.4) is 0 Å². The molecular weight excluding hydrogens is 382 g/mol. The van der Waals surface area contributed by atoms with E-state index in [0.717, 1.165) is 11.4 Å². The molecule has 3 rings (SSSR count). The topological polar surface area (TPSA) is 70.7 Å². The highest BCUT2D eigenvalue weighted by atomic mass is 35.5. The van der Waals surface area contributed by atoms with Crippen LogP contribution >= 0.6 is 11.6 Å². The van der Waals surface area contributed by atoms with E-state index in [0.29, 0.717) is 28.2 Å². The third-order valence-corrected chi connectivity index (χ3v) is 4.88. The van der Waals surface area contributed by atoms with Crippen molar-refractivity contribution >= 4 is 34.3 Å². The van der Waals surface area contributed by atoms with E-state index in [2.05, 4.69) is 0 Å². The number of furan rings is 1. The Hall–Kier alpha value is -2.57. The molecule has 0 aliphatic carbocycles. The summed E-state index contributed by atoms with van der Waals surface area (Å²) in [6, 6.07) is 8.49. The van der Waals surface area contributed by atoms with E-state index in [4.69, 9.17) is 25.5 Å². The van der Waals surface area contributed by atoms with E-state index in [9.17, 15) is 9.59 Å². The average molecular weight is 404 g/mol. The van der Waals surface area contributed by atoms with Gasteiger partial charge >= 0.3 is 5.97 Å². The fourth-order valence-electron chi connectivity index (χ4n) is 3.45. The smallest absolute Gasteiger partial charge is 0.374 e. The molecule has 0 aliphatic heterocycles. The summed E-state index contributed by atoms with van der Waals surface area (Å²) < 4.78 is 17.9. The zero-order valence-electron chi connectivity index (χ0n) is 16.2. The molecule has 1 atom stereocenters. The number of carbonyl (C=O) groups excluding carboxylic acids is 2. The van der Waals surface area contributed by atoms with E-state index < -0.39 is 5.97 Å². The molecule has 0 spiro atoms. The van der Waals surface area contributed by atoms with Gasteiger partial charge in [0.25, 0.3) is 0 Å². The Labute approximate surface area is 168 Å². The van der Waals surface area contributed by atoms with Crippen LogP contribution in [0.2, 0.25) is 5.02 Å². The molecule has 1 aromatic carbocycles. The number of rotatable bonds is 7. The van der Waals surface area contributed by atoms with Crippen molar-refractivity contribution in [1.82, 2.24) is 4.57 Å². The molecule has 0 radical (unpaired) electrons. The van der Waals surface area contributed by atoms with E-state index >= 15 is 0 Å². The van der Waals surface area contributed by atoms with Gasteiger partial charge in [0.05, 0.1) is 12.6 Å². The quantitative estimate of drug-likeness (QED) is 0.420. The van der Waals surface area contributed by atoms with Gasteiger partial charge in [0, 0.05) is 34.5 Å². The van der Waals surface area contributed by atoms with Gasteiger partial charge in [0.15, 0.2) is 6.61 Å². The molecule has 148 valence electrons. The molecule has 0 N–H and O–H groups in total. The van der Waals surface area contributed by atoms with Crippen molar-refractivity contribution in [2.45, 2.75) is 26.8 Å². The Kier molecular flexibility index (Phi) is 5.91. The average Bonchev–Trinajstić information content (AvgIpc) is 3.19. The van der Waals surface area contributed by atoms with Gasteiger partial charge in [-0.2, -0.15) is 0 Å². The maximum atomic E-state index is 12.6. The van der Waals surface area contributed by atoms with Crippen molar-refractivity contribution in [2.24, 2.45) is 0 Å². The van der Waals surface area contributed by atoms with Crippen LogP contribution in [0.5, 0.6) is 0 Å². The molecule has 0 saturated heterocycles. The number of aromatic nitrogens is 1. The Morgan fingerprint density at radius 1 is 1.21 bits per heavy atom. The van der Waals surface area contributed by atoms with Crippen molar-refractivity contribution in [3.63, 3.8) is 0 Å². The number of halogens is 1. The molecule has 0 fully saturated rings. The molecule has 0 bridgehead atoms. The molecular formula is C21H22ClNO5. The number of esters is 1. The van der Waals surface area contributed by atoms with Gasteiger partial charge in [-0.15, -0.1) is 0 Å². The third kappa shape index (κ3) is 3.98. The first-order chi connectivity index (χ1) is 13.3. The van der Waals surface area contributed by atoms with Gasteiger partial charge in [-0.3, -0.25) is 4.79 Å². The van der Waals surface area contributed by atoms with Gasteiger partial charge in [-0.25, -0.2) is 4.79 Å². The number of benzene rings is 1. The van der Waals surface area contributed by atoms with E-state index in [-0.39, 0.29) is 24.2 Å². The zero-order chi connectivity index (χ0) is 20.4. The van der Waals surface area contributed by atoms with Gasteiger partial charge in [-0.05, 0) is 51.1 Å². The SMILES string of the molecule is COC[C@H](C)n1c(C)cc(C(=O)COC(=O)c2cc3cc(Cl)ccc3o2)c1C. The second kappa shape index (κ2) is 8.20. The molecule has 6 nitrogen and oxygen atoms in total. The number of nitrogens with zero attached hydrogens (tertiary/aromatic N) is 1. The third-order valence-electron chi connectivity index (χ3n) is 4.65. The Balaban J connectivity index is 1.71. The number of ketones is 1. The molecule has 7 heteroatoms. The fraction of sp³-hybridized carbons (Fsp3) is 0.333. The standard InChI is InChI=1S/C21H22ClNO5/c1-12-7-17(14(3)23(12)13(2)10-26-4)18(24)11-27-21(25)20-9-15-8-16(22)5-6-19(15)28-20/h5-9,13H,10-11H2,1-4H3/t13-/m0/s1. The molecule has 2 heterocycles. The van der Waals surface area contributed by atoms with Crippen LogP contribution in [0.15, 0.2) is 34.7 Å². The van der Waals surface area contributed by atoms with Crippen LogP contribution in [0.4, 0.5) is 0 Å². The highest BCUT2D eigenvalue weighted by Gasteiger charge is 2.21. The Bertz CT molecular complexity index is 1030. The van der Waals surface area contributed by atoms with Gasteiger partial charge in [0.2, 0.25) is 11.5 Å². The minimum Gasteiger partial charge on any atom is -0.451 e. The lowest BCUT2D eigenvalue weighted by Gasteiger charge is -2.17. The lowest BCUT2D eigenvalue weighted by atomic mass is 10.1. The van der Waals surface area contributed by atoms with E-state index in [1.807, 2.05) is 25.3 Å². The van der Waals surface area contributed by atoms with Crippen LogP contribution in [0, 0.1) is 13.8 Å². The van der Waals surface area contributed by atoms with Gasteiger partial charge in [0.1, 0.15) is 5.58 Å². The number of carbonyl (C=O) groups is 2. The number of Topliss-reactive ketones (excluding diaryl/α,β-unsaturated/α-hetero) is 1. The number of ether oxygens (including phenoxy) is 2. The largest absolute Gasteiger partial charge is 0.451 e. The van der Waals surface area contributed by atoms with E-state index in [1.54, 1.807) is 37.4 Å². The first kappa shape index (κ1) is 20.2. The lowest BCUT2D eigenvalue weighted by molar-refractivity contribution is 0.0446. The predicted molar refractivity (Wildman–Crippen MR) is 106 cm³/mol. The second-order valence-corrected chi connectivity index (χ2v) is 7.19. The van der Waals surface area contributed by atoms with Crippen LogP contribution in [-0.2, 0) is 9.47 Å². The Morgan fingerprint density at radius 2 is 1.96 bits per heavy atom. The summed E-state index contributed by atoms with van der Waals surface area (Å²) in [5, 5.41) is 1.24.